The molecule has 0 aliphatic carbocycles. The van der Waals surface area contributed by atoms with E-state index < -0.39 is 11.8 Å². The van der Waals surface area contributed by atoms with E-state index in [-0.39, 0.29) is 6.04 Å². The van der Waals surface area contributed by atoms with E-state index in [1.165, 1.54) is 0 Å². The second-order valence-electron chi connectivity index (χ2n) is 4.63. The van der Waals surface area contributed by atoms with Crippen molar-refractivity contribution < 1.29 is 9.59 Å². The Balaban J connectivity index is 2.00. The molecular weight excluding hydrogens is 268 g/mol. The van der Waals surface area contributed by atoms with E-state index in [0.29, 0.717) is 12.1 Å². The summed E-state index contributed by atoms with van der Waals surface area (Å²) < 4.78 is 1.68. The molecule has 110 valence electrons. The molecule has 0 aliphatic heterocycles. The number of hydrogen-bond acceptors (Lipinski definition) is 3. The minimum Gasteiger partial charge on any atom is -0.339 e. The van der Waals surface area contributed by atoms with Crippen molar-refractivity contribution in [2.24, 2.45) is 7.05 Å². The van der Waals surface area contributed by atoms with Crippen LogP contribution in [0, 0.1) is 0 Å². The molecule has 2 amide bonds. The monoisotopic (exact) mass is 286 g/mol. The fourth-order valence-electron chi connectivity index (χ4n) is 2.04. The number of anilines is 1. The van der Waals surface area contributed by atoms with E-state index in [0.717, 1.165) is 5.69 Å². The Bertz CT molecular complexity index is 622. The van der Waals surface area contributed by atoms with Crippen molar-refractivity contribution in [1.29, 1.82) is 0 Å². The predicted octanol–water partition coefficient (Wildman–Crippen LogP) is 1.63. The number of aryl methyl sites for hydroxylation is 1. The average Bonchev–Trinajstić information content (AvgIpc) is 2.91. The third-order valence-corrected chi connectivity index (χ3v) is 3.17. The van der Waals surface area contributed by atoms with Crippen LogP contribution in [0.1, 0.15) is 25.1 Å². The first kappa shape index (κ1) is 14.8. The quantitative estimate of drug-likeness (QED) is 0.839. The molecule has 2 aromatic rings. The largest absolute Gasteiger partial charge is 0.339 e. The lowest BCUT2D eigenvalue weighted by Crippen LogP contribution is -2.38. The summed E-state index contributed by atoms with van der Waals surface area (Å²) in [6.45, 7) is 1.94. The number of para-hydroxylation sites is 1. The maximum Gasteiger partial charge on any atom is 0.313 e. The third-order valence-electron chi connectivity index (χ3n) is 3.17. The highest BCUT2D eigenvalue weighted by Crippen LogP contribution is 2.15. The Morgan fingerprint density at radius 3 is 2.48 bits per heavy atom. The van der Waals surface area contributed by atoms with E-state index in [4.69, 9.17) is 0 Å². The molecule has 2 rings (SSSR count). The second-order valence-corrected chi connectivity index (χ2v) is 4.63. The normalized spacial score (nSPS) is 11.7. The standard InChI is InChI=1S/C15H18N4O2/c1-3-12(13-9-10-16-19(13)2)18-15(21)14(20)17-11-7-5-4-6-8-11/h4-10,12H,3H2,1-2H3,(H,17,20)(H,18,21)/t12-/m0/s1. The summed E-state index contributed by atoms with van der Waals surface area (Å²) in [7, 11) is 1.80. The highest BCUT2D eigenvalue weighted by Gasteiger charge is 2.20. The fraction of sp³-hybridized carbons (Fsp3) is 0.267. The Labute approximate surface area is 123 Å². The smallest absolute Gasteiger partial charge is 0.313 e. The van der Waals surface area contributed by atoms with Gasteiger partial charge in [0.25, 0.3) is 0 Å². The number of rotatable bonds is 4. The van der Waals surface area contributed by atoms with E-state index in [9.17, 15) is 9.59 Å². The maximum absolute atomic E-state index is 12.0. The Morgan fingerprint density at radius 2 is 1.90 bits per heavy atom. The number of nitrogens with zero attached hydrogens (tertiary/aromatic N) is 2. The number of hydrogen-bond donors (Lipinski definition) is 2. The molecule has 0 radical (unpaired) electrons. The molecule has 1 heterocycles. The number of benzene rings is 1. The molecular formula is C15H18N4O2. The molecule has 0 unspecified atom stereocenters. The average molecular weight is 286 g/mol. The lowest BCUT2D eigenvalue weighted by atomic mass is 10.1. The lowest BCUT2D eigenvalue weighted by molar-refractivity contribution is -0.136. The topological polar surface area (TPSA) is 76.0 Å². The van der Waals surface area contributed by atoms with Gasteiger partial charge in [0, 0.05) is 18.9 Å². The van der Waals surface area contributed by atoms with Gasteiger partial charge in [0.2, 0.25) is 0 Å². The molecule has 0 saturated heterocycles. The molecule has 1 aromatic carbocycles. The van der Waals surface area contributed by atoms with Gasteiger partial charge in [-0.2, -0.15) is 5.10 Å². The molecule has 1 aromatic heterocycles. The summed E-state index contributed by atoms with van der Waals surface area (Å²) in [5.41, 5.74) is 1.45. The summed E-state index contributed by atoms with van der Waals surface area (Å²) in [5, 5.41) is 9.35. The van der Waals surface area contributed by atoms with Gasteiger partial charge in [-0.15, -0.1) is 0 Å². The van der Waals surface area contributed by atoms with E-state index >= 15 is 0 Å². The third kappa shape index (κ3) is 3.68. The van der Waals surface area contributed by atoms with E-state index in [1.807, 2.05) is 19.1 Å². The van der Waals surface area contributed by atoms with Crippen molar-refractivity contribution >= 4 is 17.5 Å². The van der Waals surface area contributed by atoms with Crippen molar-refractivity contribution in [3.8, 4) is 0 Å². The zero-order valence-electron chi connectivity index (χ0n) is 12.0. The zero-order valence-corrected chi connectivity index (χ0v) is 12.0. The van der Waals surface area contributed by atoms with E-state index in [2.05, 4.69) is 15.7 Å². The number of amides is 2. The second kappa shape index (κ2) is 6.69. The molecule has 0 aliphatic rings. The van der Waals surface area contributed by atoms with Crippen LogP contribution in [-0.4, -0.2) is 21.6 Å². The van der Waals surface area contributed by atoms with Gasteiger partial charge in [-0.3, -0.25) is 14.3 Å². The summed E-state index contributed by atoms with van der Waals surface area (Å²) in [5.74, 6) is -1.34. The summed E-state index contributed by atoms with van der Waals surface area (Å²) >= 11 is 0. The predicted molar refractivity (Wildman–Crippen MR) is 79.5 cm³/mol. The van der Waals surface area contributed by atoms with Crippen LogP contribution in [0.15, 0.2) is 42.6 Å². The number of nitrogens with one attached hydrogen (secondary N) is 2. The van der Waals surface area contributed by atoms with Crippen LogP contribution < -0.4 is 10.6 Å². The molecule has 2 N–H and O–H groups in total. The molecule has 0 fully saturated rings. The molecule has 0 saturated carbocycles. The Hall–Kier alpha value is -2.63. The first-order chi connectivity index (χ1) is 10.1. The maximum atomic E-state index is 12.0. The highest BCUT2D eigenvalue weighted by atomic mass is 16.2. The minimum absolute atomic E-state index is 0.244. The summed E-state index contributed by atoms with van der Waals surface area (Å²) in [4.78, 5) is 23.8. The molecule has 6 nitrogen and oxygen atoms in total. The highest BCUT2D eigenvalue weighted by molar-refractivity contribution is 6.39. The van der Waals surface area contributed by atoms with Gasteiger partial charge in [-0.05, 0) is 24.6 Å². The molecule has 0 spiro atoms. The Kier molecular flexibility index (Phi) is 4.71. The number of carbonyl (C=O) groups excluding carboxylic acids is 2. The SMILES string of the molecule is CC[C@H](NC(=O)C(=O)Nc1ccccc1)c1ccnn1C. The van der Waals surface area contributed by atoms with Gasteiger partial charge < -0.3 is 10.6 Å². The lowest BCUT2D eigenvalue weighted by Gasteiger charge is -2.17. The van der Waals surface area contributed by atoms with Crippen LogP contribution in [0.3, 0.4) is 0 Å². The van der Waals surface area contributed by atoms with Crippen LogP contribution in [0.2, 0.25) is 0 Å². The van der Waals surface area contributed by atoms with Crippen LogP contribution in [-0.2, 0) is 16.6 Å². The van der Waals surface area contributed by atoms with Gasteiger partial charge in [-0.1, -0.05) is 25.1 Å². The molecule has 0 bridgehead atoms. The van der Waals surface area contributed by atoms with Crippen molar-refractivity contribution in [3.05, 3.63) is 48.3 Å². The van der Waals surface area contributed by atoms with Crippen molar-refractivity contribution in [2.75, 3.05) is 5.32 Å². The van der Waals surface area contributed by atoms with E-state index in [1.54, 1.807) is 42.2 Å². The van der Waals surface area contributed by atoms with Gasteiger partial charge in [-0.25, -0.2) is 0 Å². The van der Waals surface area contributed by atoms with Crippen LogP contribution in [0.25, 0.3) is 0 Å². The van der Waals surface area contributed by atoms with Crippen LogP contribution in [0.4, 0.5) is 5.69 Å². The zero-order chi connectivity index (χ0) is 15.2. The summed E-state index contributed by atoms with van der Waals surface area (Å²) in [6.07, 6.45) is 2.33. The minimum atomic E-state index is -0.679. The molecule has 21 heavy (non-hydrogen) atoms. The molecule has 1 atom stereocenters. The Morgan fingerprint density at radius 1 is 1.19 bits per heavy atom. The number of carbonyl (C=O) groups is 2. The van der Waals surface area contributed by atoms with Crippen molar-refractivity contribution in [2.45, 2.75) is 19.4 Å². The van der Waals surface area contributed by atoms with Gasteiger partial charge in [0.1, 0.15) is 0 Å². The first-order valence-electron chi connectivity index (χ1n) is 6.76. The summed E-state index contributed by atoms with van der Waals surface area (Å²) in [6, 6.07) is 10.4. The van der Waals surface area contributed by atoms with Crippen LogP contribution >= 0.6 is 0 Å². The number of aromatic nitrogens is 2. The van der Waals surface area contributed by atoms with Crippen LogP contribution in [0.5, 0.6) is 0 Å². The molecule has 6 heteroatoms. The van der Waals surface area contributed by atoms with Crippen molar-refractivity contribution in [3.63, 3.8) is 0 Å². The first-order valence-corrected chi connectivity index (χ1v) is 6.76. The van der Waals surface area contributed by atoms with Gasteiger partial charge in [0.05, 0.1) is 11.7 Å². The van der Waals surface area contributed by atoms with Gasteiger partial charge in [0.15, 0.2) is 0 Å². The van der Waals surface area contributed by atoms with Gasteiger partial charge >= 0.3 is 11.8 Å². The van der Waals surface area contributed by atoms with Crippen molar-refractivity contribution in [1.82, 2.24) is 15.1 Å². The fourth-order valence-corrected chi connectivity index (χ4v) is 2.04.